The molecule has 1 aromatic heterocycles. The van der Waals surface area contributed by atoms with Crippen LogP contribution in [-0.4, -0.2) is 59.1 Å². The fourth-order valence-corrected chi connectivity index (χ4v) is 4.33. The fourth-order valence-electron chi connectivity index (χ4n) is 4.33. The molecule has 2 aliphatic heterocycles. The number of methoxy groups -OCH3 is 1. The van der Waals surface area contributed by atoms with Crippen LogP contribution in [0.25, 0.3) is 0 Å². The molecular formula is C20H23N3O4. The summed E-state index contributed by atoms with van der Waals surface area (Å²) in [5, 5.41) is 3.72. The lowest BCUT2D eigenvalue weighted by molar-refractivity contribution is 0.0379. The summed E-state index contributed by atoms with van der Waals surface area (Å²) >= 11 is 0. The second-order valence-corrected chi connectivity index (χ2v) is 7.24. The Balaban J connectivity index is 1.47. The minimum atomic E-state index is -0.145. The van der Waals surface area contributed by atoms with E-state index in [-0.39, 0.29) is 35.7 Å². The minimum Gasteiger partial charge on any atom is -0.479 e. The third kappa shape index (κ3) is 3.18. The highest BCUT2D eigenvalue weighted by Crippen LogP contribution is 2.38. The van der Waals surface area contributed by atoms with Gasteiger partial charge in [-0.05, 0) is 43.0 Å². The summed E-state index contributed by atoms with van der Waals surface area (Å²) in [6, 6.07) is 11.2. The summed E-state index contributed by atoms with van der Waals surface area (Å²) in [4.78, 5) is 29.4. The second kappa shape index (κ2) is 7.06. The van der Waals surface area contributed by atoms with E-state index >= 15 is 0 Å². The van der Waals surface area contributed by atoms with E-state index in [1.165, 1.54) is 13.2 Å². The summed E-state index contributed by atoms with van der Waals surface area (Å²) in [7, 11) is 3.35. The summed E-state index contributed by atoms with van der Waals surface area (Å²) in [5.74, 6) is 0.387. The van der Waals surface area contributed by atoms with Crippen LogP contribution in [-0.2, 0) is 0 Å². The van der Waals surface area contributed by atoms with E-state index < -0.39 is 0 Å². The number of carbonyl (C=O) groups excluding carboxylic acids is 2. The molecule has 2 atom stereocenters. The molecule has 2 saturated heterocycles. The molecule has 0 radical (unpaired) electrons. The van der Waals surface area contributed by atoms with Crippen molar-refractivity contribution in [3.05, 3.63) is 47.7 Å². The van der Waals surface area contributed by atoms with Crippen molar-refractivity contribution >= 4 is 11.8 Å². The van der Waals surface area contributed by atoms with Crippen molar-refractivity contribution in [2.75, 3.05) is 14.2 Å². The summed E-state index contributed by atoms with van der Waals surface area (Å²) in [6.07, 6.45) is 3.46. The van der Waals surface area contributed by atoms with Crippen molar-refractivity contribution in [1.29, 1.82) is 0 Å². The SMILES string of the molecule is COc1cc(C(=O)N2C3CCC2CC(N(C)C(=O)c2ccccc2)C3)on1. The van der Waals surface area contributed by atoms with Crippen LogP contribution in [0.5, 0.6) is 5.88 Å². The zero-order valence-electron chi connectivity index (χ0n) is 15.5. The van der Waals surface area contributed by atoms with Crippen LogP contribution in [0, 0.1) is 0 Å². The van der Waals surface area contributed by atoms with Gasteiger partial charge in [0.25, 0.3) is 17.7 Å². The van der Waals surface area contributed by atoms with Crippen molar-refractivity contribution in [3.8, 4) is 5.88 Å². The lowest BCUT2D eigenvalue weighted by atomic mass is 9.95. The molecule has 2 aliphatic rings. The van der Waals surface area contributed by atoms with Crippen molar-refractivity contribution in [1.82, 2.24) is 15.0 Å². The third-order valence-electron chi connectivity index (χ3n) is 5.74. The van der Waals surface area contributed by atoms with Gasteiger partial charge in [-0.3, -0.25) is 9.59 Å². The van der Waals surface area contributed by atoms with Crippen molar-refractivity contribution in [2.24, 2.45) is 0 Å². The largest absolute Gasteiger partial charge is 0.479 e. The molecular weight excluding hydrogens is 346 g/mol. The lowest BCUT2D eigenvalue weighted by Gasteiger charge is -2.41. The van der Waals surface area contributed by atoms with Gasteiger partial charge >= 0.3 is 0 Å². The zero-order valence-corrected chi connectivity index (χ0v) is 15.5. The number of ether oxygens (including phenoxy) is 1. The van der Waals surface area contributed by atoms with Gasteiger partial charge in [-0.25, -0.2) is 0 Å². The number of benzene rings is 1. The first kappa shape index (κ1) is 17.6. The monoisotopic (exact) mass is 369 g/mol. The lowest BCUT2D eigenvalue weighted by Crippen LogP contribution is -2.52. The van der Waals surface area contributed by atoms with E-state index in [0.29, 0.717) is 11.4 Å². The normalized spacial score (nSPS) is 23.9. The van der Waals surface area contributed by atoms with Gasteiger partial charge in [0.2, 0.25) is 5.76 Å². The molecule has 7 heteroatoms. The number of amides is 2. The van der Waals surface area contributed by atoms with Crippen molar-refractivity contribution in [2.45, 2.75) is 43.8 Å². The van der Waals surface area contributed by atoms with Crippen LogP contribution in [0.15, 0.2) is 40.9 Å². The molecule has 1 aromatic carbocycles. The molecule has 2 unspecified atom stereocenters. The van der Waals surface area contributed by atoms with Crippen LogP contribution in [0.4, 0.5) is 0 Å². The Morgan fingerprint density at radius 2 is 1.85 bits per heavy atom. The Morgan fingerprint density at radius 3 is 2.44 bits per heavy atom. The second-order valence-electron chi connectivity index (χ2n) is 7.24. The van der Waals surface area contributed by atoms with Gasteiger partial charge in [0.1, 0.15) is 0 Å². The number of rotatable bonds is 4. The molecule has 2 fully saturated rings. The Labute approximate surface area is 157 Å². The highest BCUT2D eigenvalue weighted by molar-refractivity contribution is 5.94. The highest BCUT2D eigenvalue weighted by Gasteiger charge is 2.46. The first-order valence-electron chi connectivity index (χ1n) is 9.24. The number of nitrogens with zero attached hydrogens (tertiary/aromatic N) is 3. The number of piperidine rings is 1. The first-order chi connectivity index (χ1) is 13.1. The van der Waals surface area contributed by atoms with Crippen LogP contribution in [0.1, 0.15) is 46.6 Å². The van der Waals surface area contributed by atoms with E-state index in [9.17, 15) is 9.59 Å². The maximum absolute atomic E-state index is 12.9. The molecule has 3 heterocycles. The molecule has 4 rings (SSSR count). The van der Waals surface area contributed by atoms with Gasteiger partial charge in [0, 0.05) is 30.7 Å². The molecule has 2 bridgehead atoms. The number of hydrogen-bond donors (Lipinski definition) is 0. The summed E-state index contributed by atoms with van der Waals surface area (Å²) < 4.78 is 10.1. The third-order valence-corrected chi connectivity index (χ3v) is 5.74. The summed E-state index contributed by atoms with van der Waals surface area (Å²) in [6.45, 7) is 0. The summed E-state index contributed by atoms with van der Waals surface area (Å²) in [5.41, 5.74) is 0.694. The average molecular weight is 369 g/mol. The van der Waals surface area contributed by atoms with Gasteiger partial charge in [0.15, 0.2) is 0 Å². The molecule has 142 valence electrons. The highest BCUT2D eigenvalue weighted by atomic mass is 16.5. The predicted octanol–water partition coefficient (Wildman–Crippen LogP) is 2.59. The van der Waals surface area contributed by atoms with Gasteiger partial charge in [-0.2, -0.15) is 0 Å². The fraction of sp³-hybridized carbons (Fsp3) is 0.450. The minimum absolute atomic E-state index is 0.0275. The number of aromatic nitrogens is 1. The standard InChI is InChI=1S/C20H23N3O4/c1-22(19(24)13-6-4-3-5-7-13)16-10-14-8-9-15(11-16)23(14)20(25)17-12-18(26-2)21-27-17/h3-7,12,14-16H,8-11H2,1-2H3. The topological polar surface area (TPSA) is 75.9 Å². The Morgan fingerprint density at radius 1 is 1.19 bits per heavy atom. The molecule has 0 N–H and O–H groups in total. The van der Waals surface area contributed by atoms with Crippen molar-refractivity contribution in [3.63, 3.8) is 0 Å². The van der Waals surface area contributed by atoms with Crippen LogP contribution < -0.4 is 4.74 Å². The number of hydrogen-bond acceptors (Lipinski definition) is 5. The van der Waals surface area contributed by atoms with E-state index in [0.717, 1.165) is 25.7 Å². The van der Waals surface area contributed by atoms with Gasteiger partial charge in [0.05, 0.1) is 13.2 Å². The molecule has 2 amide bonds. The smallest absolute Gasteiger partial charge is 0.293 e. The predicted molar refractivity (Wildman–Crippen MR) is 97.6 cm³/mol. The van der Waals surface area contributed by atoms with Gasteiger partial charge in [-0.1, -0.05) is 18.2 Å². The van der Waals surface area contributed by atoms with E-state index in [4.69, 9.17) is 9.26 Å². The van der Waals surface area contributed by atoms with Crippen LogP contribution >= 0.6 is 0 Å². The Bertz CT molecular complexity index is 821. The molecule has 0 spiro atoms. The average Bonchev–Trinajstić information content (AvgIpc) is 3.29. The van der Waals surface area contributed by atoms with Crippen LogP contribution in [0.2, 0.25) is 0 Å². The number of fused-ring (bicyclic) bond motifs is 2. The zero-order chi connectivity index (χ0) is 19.0. The van der Waals surface area contributed by atoms with Gasteiger partial charge in [-0.15, -0.1) is 0 Å². The van der Waals surface area contributed by atoms with E-state index in [2.05, 4.69) is 5.16 Å². The maximum Gasteiger partial charge on any atom is 0.293 e. The Hall–Kier alpha value is -2.83. The van der Waals surface area contributed by atoms with E-state index in [1.54, 1.807) is 0 Å². The number of carbonyl (C=O) groups is 2. The molecule has 7 nitrogen and oxygen atoms in total. The van der Waals surface area contributed by atoms with Gasteiger partial charge < -0.3 is 19.1 Å². The van der Waals surface area contributed by atoms with Crippen LogP contribution in [0.3, 0.4) is 0 Å². The molecule has 0 aliphatic carbocycles. The molecule has 0 saturated carbocycles. The molecule has 2 aromatic rings. The first-order valence-corrected chi connectivity index (χ1v) is 9.24. The van der Waals surface area contributed by atoms with Crippen molar-refractivity contribution < 1.29 is 18.8 Å². The molecule has 27 heavy (non-hydrogen) atoms. The Kier molecular flexibility index (Phi) is 4.59. The maximum atomic E-state index is 12.9. The quantitative estimate of drug-likeness (QED) is 0.828. The van der Waals surface area contributed by atoms with E-state index in [1.807, 2.05) is 47.2 Å².